The molecular weight excluding hydrogens is 500 g/mol. The normalized spacial score (nSPS) is 18.6. The van der Waals surface area contributed by atoms with Gasteiger partial charge >= 0.3 is 0 Å². The van der Waals surface area contributed by atoms with Crippen LogP contribution >= 0.6 is 35.3 Å². The molecule has 0 radical (unpaired) electrons. The average Bonchev–Trinajstić information content (AvgIpc) is 2.77. The summed E-state index contributed by atoms with van der Waals surface area (Å²) in [5.74, 6) is 0. The summed E-state index contributed by atoms with van der Waals surface area (Å²) in [4.78, 5) is 6.98. The monoisotopic (exact) mass is 535 g/mol. The van der Waals surface area contributed by atoms with Crippen molar-refractivity contribution in [3.05, 3.63) is 33.7 Å². The SMILES string of the molecule is CCCC(C)(C)NSC1=CN(C)/C(=C(/Cl)N(C)CC(=N)SC(=N)C(F)F)C(N2CCNCC2)=C1. The van der Waals surface area contributed by atoms with Crippen molar-refractivity contribution >= 4 is 45.4 Å². The third-order valence-corrected chi connectivity index (χ3v) is 7.67. The Kier molecular flexibility index (Phi) is 11.2. The Balaban J connectivity index is 2.27. The molecule has 1 saturated heterocycles. The zero-order valence-corrected chi connectivity index (χ0v) is 22.9. The van der Waals surface area contributed by atoms with Crippen LogP contribution in [0.1, 0.15) is 33.6 Å². The van der Waals surface area contributed by atoms with Crippen LogP contribution in [0.25, 0.3) is 0 Å². The molecule has 0 aliphatic carbocycles. The van der Waals surface area contributed by atoms with Crippen molar-refractivity contribution < 1.29 is 8.78 Å². The number of piperazine rings is 1. The number of alkyl halides is 2. The lowest BCUT2D eigenvalue weighted by molar-refractivity contribution is 0.228. The van der Waals surface area contributed by atoms with Crippen LogP contribution in [0.2, 0.25) is 0 Å². The van der Waals surface area contributed by atoms with E-state index in [1.165, 1.54) is 0 Å². The minimum Gasteiger partial charge on any atom is -0.367 e. The molecule has 0 atom stereocenters. The number of likely N-dealkylation sites (N-methyl/N-ethyl adjacent to an activating group) is 1. The van der Waals surface area contributed by atoms with Crippen molar-refractivity contribution in [2.24, 2.45) is 0 Å². The molecule has 2 aliphatic rings. The Morgan fingerprint density at radius 3 is 2.56 bits per heavy atom. The van der Waals surface area contributed by atoms with Crippen LogP contribution in [-0.2, 0) is 0 Å². The van der Waals surface area contributed by atoms with Crippen molar-refractivity contribution in [1.29, 1.82) is 10.8 Å². The molecule has 2 rings (SSSR count). The van der Waals surface area contributed by atoms with Gasteiger partial charge in [0.05, 0.1) is 23.0 Å². The van der Waals surface area contributed by atoms with Gasteiger partial charge in [-0.25, -0.2) is 8.78 Å². The fourth-order valence-electron chi connectivity index (χ4n) is 3.68. The first-order valence-electron chi connectivity index (χ1n) is 11.2. The lowest BCUT2D eigenvalue weighted by Crippen LogP contribution is -2.45. The van der Waals surface area contributed by atoms with Crippen molar-refractivity contribution in [2.75, 3.05) is 46.8 Å². The topological polar surface area (TPSA) is 81.5 Å². The van der Waals surface area contributed by atoms with Gasteiger partial charge in [0, 0.05) is 56.9 Å². The van der Waals surface area contributed by atoms with Crippen molar-refractivity contribution in [2.45, 2.75) is 45.6 Å². The van der Waals surface area contributed by atoms with E-state index in [2.05, 4.69) is 41.8 Å². The largest absolute Gasteiger partial charge is 0.367 e. The number of halogens is 3. The van der Waals surface area contributed by atoms with E-state index in [1.807, 2.05) is 18.1 Å². The Labute approximate surface area is 215 Å². The molecule has 0 amide bonds. The second-order valence-electron chi connectivity index (χ2n) is 8.93. The average molecular weight is 536 g/mol. The van der Waals surface area contributed by atoms with Crippen LogP contribution in [0.15, 0.2) is 33.7 Å². The molecule has 0 saturated carbocycles. The van der Waals surface area contributed by atoms with E-state index >= 15 is 0 Å². The fourth-order valence-corrected chi connectivity index (χ4v) is 5.46. The van der Waals surface area contributed by atoms with Crippen LogP contribution in [0.3, 0.4) is 0 Å². The number of thioether (sulfide) groups is 1. The van der Waals surface area contributed by atoms with Crippen LogP contribution < -0.4 is 10.0 Å². The zero-order chi connectivity index (χ0) is 25.5. The van der Waals surface area contributed by atoms with Crippen LogP contribution in [0.4, 0.5) is 8.78 Å². The van der Waals surface area contributed by atoms with Crippen molar-refractivity contribution in [1.82, 2.24) is 24.7 Å². The lowest BCUT2D eigenvalue weighted by atomic mass is 10.0. The summed E-state index contributed by atoms with van der Waals surface area (Å²) in [6.07, 6.45) is 3.42. The summed E-state index contributed by atoms with van der Waals surface area (Å²) in [5, 5.41) is 18.2. The Morgan fingerprint density at radius 1 is 1.32 bits per heavy atom. The zero-order valence-electron chi connectivity index (χ0n) is 20.5. The van der Waals surface area contributed by atoms with Gasteiger partial charge in [-0.3, -0.25) is 15.5 Å². The predicted octanol–water partition coefficient (Wildman–Crippen LogP) is 4.67. The van der Waals surface area contributed by atoms with E-state index in [1.54, 1.807) is 23.9 Å². The maximum Gasteiger partial charge on any atom is 0.285 e. The van der Waals surface area contributed by atoms with E-state index in [4.69, 9.17) is 22.4 Å². The van der Waals surface area contributed by atoms with Gasteiger partial charge in [-0.1, -0.05) is 36.7 Å². The molecule has 2 aliphatic heterocycles. The maximum absolute atomic E-state index is 12.7. The Hall–Kier alpha value is -1.27. The standard InChI is InChI=1S/C22H36ClF2N7S2/c1-6-7-22(2,3)29-34-15-12-16(32-10-8-28-9-11-32)18(30(4)13-15)19(23)31(5)14-17(26)33-21(27)20(24)25/h12-13,20,26-29H,6-11,14H2,1-5H3/b19-18-,26-17?,27-21?. The molecule has 4 N–H and O–H groups in total. The first-order chi connectivity index (χ1) is 15.9. The third kappa shape index (κ3) is 8.44. The molecule has 0 spiro atoms. The van der Waals surface area contributed by atoms with E-state index in [0.717, 1.165) is 55.3 Å². The highest BCUT2D eigenvalue weighted by Crippen LogP contribution is 2.35. The molecular formula is C22H36ClF2N7S2. The number of rotatable bonds is 10. The molecule has 12 heteroatoms. The van der Waals surface area contributed by atoms with Gasteiger partial charge in [-0.05, 0) is 38.3 Å². The Bertz CT molecular complexity index is 839. The van der Waals surface area contributed by atoms with E-state index in [0.29, 0.717) is 16.9 Å². The minimum atomic E-state index is -2.88. The minimum absolute atomic E-state index is 0.000169. The summed E-state index contributed by atoms with van der Waals surface area (Å²) in [6.45, 7) is 9.99. The molecule has 1 fully saturated rings. The maximum atomic E-state index is 12.7. The highest BCUT2D eigenvalue weighted by atomic mass is 35.5. The quantitative estimate of drug-likeness (QED) is 0.140. The molecule has 2 heterocycles. The second kappa shape index (κ2) is 13.2. The summed E-state index contributed by atoms with van der Waals surface area (Å²) in [6, 6.07) is 0. The molecule has 0 unspecified atom stereocenters. The van der Waals surface area contributed by atoms with Gasteiger partial charge in [0.2, 0.25) is 0 Å². The van der Waals surface area contributed by atoms with Gasteiger partial charge in [0.25, 0.3) is 6.43 Å². The Morgan fingerprint density at radius 2 is 1.97 bits per heavy atom. The van der Waals surface area contributed by atoms with E-state index in [9.17, 15) is 8.78 Å². The van der Waals surface area contributed by atoms with Gasteiger partial charge in [0.1, 0.15) is 10.2 Å². The highest BCUT2D eigenvalue weighted by Gasteiger charge is 2.28. The predicted molar refractivity (Wildman–Crippen MR) is 143 cm³/mol. The summed E-state index contributed by atoms with van der Waals surface area (Å²) in [5.41, 5.74) is 1.78. The molecule has 34 heavy (non-hydrogen) atoms. The van der Waals surface area contributed by atoms with Gasteiger partial charge in [-0.2, -0.15) is 0 Å². The molecule has 0 aromatic carbocycles. The van der Waals surface area contributed by atoms with E-state index in [-0.39, 0.29) is 17.1 Å². The van der Waals surface area contributed by atoms with Gasteiger partial charge in [0.15, 0.2) is 0 Å². The summed E-state index contributed by atoms with van der Waals surface area (Å²) in [7, 11) is 3.66. The summed E-state index contributed by atoms with van der Waals surface area (Å²) >= 11 is 8.89. The first-order valence-corrected chi connectivity index (χ1v) is 13.3. The number of hydrogen-bond donors (Lipinski definition) is 4. The second-order valence-corrected chi connectivity index (χ2v) is 11.3. The van der Waals surface area contributed by atoms with Crippen LogP contribution in [0, 0.1) is 10.8 Å². The number of allylic oxidation sites excluding steroid dienone is 1. The van der Waals surface area contributed by atoms with Crippen LogP contribution in [-0.4, -0.2) is 83.6 Å². The van der Waals surface area contributed by atoms with Crippen molar-refractivity contribution in [3.8, 4) is 0 Å². The highest BCUT2D eigenvalue weighted by molar-refractivity contribution is 8.26. The van der Waals surface area contributed by atoms with Gasteiger partial charge < -0.3 is 20.0 Å². The fraction of sp³-hybridized carbons (Fsp3) is 0.636. The van der Waals surface area contributed by atoms with Gasteiger partial charge in [-0.15, -0.1) is 0 Å². The molecule has 0 aromatic heterocycles. The van der Waals surface area contributed by atoms with Crippen LogP contribution in [0.5, 0.6) is 0 Å². The third-order valence-electron chi connectivity index (χ3n) is 5.32. The number of hydrogen-bond acceptors (Lipinski definition) is 9. The first kappa shape index (κ1) is 29.0. The number of nitrogens with one attached hydrogen (secondary N) is 4. The number of nitrogens with zero attached hydrogens (tertiary/aromatic N) is 3. The lowest BCUT2D eigenvalue weighted by Gasteiger charge is -2.38. The van der Waals surface area contributed by atoms with E-state index < -0.39 is 11.5 Å². The molecule has 0 bridgehead atoms. The molecule has 0 aromatic rings. The molecule has 7 nitrogen and oxygen atoms in total. The smallest absolute Gasteiger partial charge is 0.285 e. The summed E-state index contributed by atoms with van der Waals surface area (Å²) < 4.78 is 28.9. The molecule has 192 valence electrons. The van der Waals surface area contributed by atoms with Crippen molar-refractivity contribution in [3.63, 3.8) is 0 Å².